The van der Waals surface area contributed by atoms with Gasteiger partial charge in [0.1, 0.15) is 5.82 Å². The number of anilines is 1. The van der Waals surface area contributed by atoms with Crippen LogP contribution in [0.2, 0.25) is 0 Å². The van der Waals surface area contributed by atoms with Gasteiger partial charge in [0.25, 0.3) is 0 Å². The Morgan fingerprint density at radius 2 is 2.25 bits per heavy atom. The minimum Gasteiger partial charge on any atom is -0.337 e. The average Bonchev–Trinajstić information content (AvgIpc) is 3.23. The van der Waals surface area contributed by atoms with Crippen LogP contribution in [0.15, 0.2) is 36.9 Å². The maximum atomic E-state index is 13.2. The van der Waals surface area contributed by atoms with Crippen LogP contribution in [0.3, 0.4) is 0 Å². The number of rotatable bonds is 3. The molecule has 2 aliphatic heterocycles. The second-order valence-corrected chi connectivity index (χ2v) is 7.10. The molecule has 2 fully saturated rings. The van der Waals surface area contributed by atoms with Crippen molar-refractivity contribution >= 4 is 11.6 Å². The van der Waals surface area contributed by atoms with Crippen molar-refractivity contribution in [2.75, 3.05) is 24.5 Å². The highest BCUT2D eigenvalue weighted by Gasteiger charge is 2.55. The lowest BCUT2D eigenvalue weighted by Crippen LogP contribution is -2.39. The van der Waals surface area contributed by atoms with Gasteiger partial charge in [-0.15, -0.1) is 0 Å². The average molecular weight is 325 g/mol. The molecule has 6 heteroatoms. The smallest absolute Gasteiger partial charge is 0.234 e. The number of aromatic nitrogens is 3. The SMILES string of the molecule is C[C@H]1CN(Cc2nccn2C)C[C@@]12CCN(c1cccnc1)C2=O. The minimum absolute atomic E-state index is 0.255. The maximum Gasteiger partial charge on any atom is 0.234 e. The molecule has 0 unspecified atom stereocenters. The van der Waals surface area contributed by atoms with Gasteiger partial charge < -0.3 is 9.47 Å². The van der Waals surface area contributed by atoms with E-state index in [1.54, 1.807) is 12.4 Å². The van der Waals surface area contributed by atoms with E-state index in [1.165, 1.54) is 0 Å². The van der Waals surface area contributed by atoms with Gasteiger partial charge in [0.05, 0.1) is 23.8 Å². The minimum atomic E-state index is -0.263. The van der Waals surface area contributed by atoms with E-state index in [4.69, 9.17) is 0 Å². The summed E-state index contributed by atoms with van der Waals surface area (Å²) in [7, 11) is 2.02. The van der Waals surface area contributed by atoms with Gasteiger partial charge in [0.2, 0.25) is 5.91 Å². The van der Waals surface area contributed by atoms with Crippen molar-refractivity contribution < 1.29 is 4.79 Å². The topological polar surface area (TPSA) is 54.3 Å². The molecule has 0 bridgehead atoms. The number of carbonyl (C=O) groups excluding carboxylic acids is 1. The standard InChI is InChI=1S/C18H23N5O/c1-14-11-22(12-16-20-7-9-21(16)2)13-18(14)5-8-23(17(18)24)15-4-3-6-19-10-15/h3-4,6-7,9-10,14H,5,8,11-13H2,1-2H3/t14-,18-/m0/s1. The van der Waals surface area contributed by atoms with Crippen LogP contribution in [0.5, 0.6) is 0 Å². The predicted molar refractivity (Wildman–Crippen MR) is 91.3 cm³/mol. The number of carbonyl (C=O) groups is 1. The first-order valence-corrected chi connectivity index (χ1v) is 8.51. The summed E-state index contributed by atoms with van der Waals surface area (Å²) in [6.45, 7) is 5.56. The Kier molecular flexibility index (Phi) is 3.64. The van der Waals surface area contributed by atoms with E-state index in [0.29, 0.717) is 5.92 Å². The molecule has 6 nitrogen and oxygen atoms in total. The van der Waals surface area contributed by atoms with Crippen molar-refractivity contribution in [3.63, 3.8) is 0 Å². The van der Waals surface area contributed by atoms with Crippen molar-refractivity contribution in [1.29, 1.82) is 0 Å². The molecular weight excluding hydrogens is 302 g/mol. The van der Waals surface area contributed by atoms with Crippen LogP contribution in [0.25, 0.3) is 0 Å². The zero-order valence-corrected chi connectivity index (χ0v) is 14.2. The number of amides is 1. The van der Waals surface area contributed by atoms with Crippen LogP contribution in [-0.4, -0.2) is 45.0 Å². The highest BCUT2D eigenvalue weighted by atomic mass is 16.2. The first kappa shape index (κ1) is 15.3. The van der Waals surface area contributed by atoms with E-state index in [9.17, 15) is 4.79 Å². The predicted octanol–water partition coefficient (Wildman–Crippen LogP) is 1.69. The van der Waals surface area contributed by atoms with Crippen molar-refractivity contribution in [3.05, 3.63) is 42.7 Å². The fourth-order valence-electron chi connectivity index (χ4n) is 4.20. The fourth-order valence-corrected chi connectivity index (χ4v) is 4.20. The molecule has 0 saturated carbocycles. The quantitative estimate of drug-likeness (QED) is 0.862. The molecule has 2 aliphatic rings. The summed E-state index contributed by atoms with van der Waals surface area (Å²) < 4.78 is 2.05. The van der Waals surface area contributed by atoms with E-state index in [0.717, 1.165) is 44.1 Å². The van der Waals surface area contributed by atoms with Crippen LogP contribution < -0.4 is 4.90 Å². The van der Waals surface area contributed by atoms with Crippen LogP contribution in [-0.2, 0) is 18.4 Å². The van der Waals surface area contributed by atoms with Gasteiger partial charge in [-0.3, -0.25) is 14.7 Å². The molecule has 126 valence electrons. The van der Waals surface area contributed by atoms with E-state index >= 15 is 0 Å². The lowest BCUT2D eigenvalue weighted by Gasteiger charge is -2.26. The summed E-state index contributed by atoms with van der Waals surface area (Å²) in [6, 6.07) is 3.86. The first-order chi connectivity index (χ1) is 11.6. The Morgan fingerprint density at radius 1 is 1.38 bits per heavy atom. The molecule has 0 radical (unpaired) electrons. The molecule has 0 N–H and O–H groups in total. The molecule has 4 heterocycles. The lowest BCUT2D eigenvalue weighted by atomic mass is 9.78. The summed E-state index contributed by atoms with van der Waals surface area (Å²) in [5.41, 5.74) is 0.648. The third-order valence-electron chi connectivity index (χ3n) is 5.68. The Hall–Kier alpha value is -2.21. The summed E-state index contributed by atoms with van der Waals surface area (Å²) in [4.78, 5) is 26.1. The van der Waals surface area contributed by atoms with Crippen molar-refractivity contribution in [2.45, 2.75) is 19.9 Å². The second-order valence-electron chi connectivity index (χ2n) is 7.10. The summed E-state index contributed by atoms with van der Waals surface area (Å²) >= 11 is 0. The third-order valence-corrected chi connectivity index (χ3v) is 5.68. The zero-order valence-electron chi connectivity index (χ0n) is 14.2. The molecule has 1 spiro atoms. The van der Waals surface area contributed by atoms with Gasteiger partial charge in [-0.05, 0) is 24.5 Å². The summed E-state index contributed by atoms with van der Waals surface area (Å²) in [5.74, 6) is 1.66. The largest absolute Gasteiger partial charge is 0.337 e. The number of nitrogens with zero attached hydrogens (tertiary/aromatic N) is 5. The molecule has 1 amide bonds. The van der Waals surface area contributed by atoms with E-state index in [-0.39, 0.29) is 11.3 Å². The van der Waals surface area contributed by atoms with E-state index in [2.05, 4.69) is 21.8 Å². The Morgan fingerprint density at radius 3 is 2.96 bits per heavy atom. The molecule has 2 saturated heterocycles. The van der Waals surface area contributed by atoms with Crippen LogP contribution in [0.4, 0.5) is 5.69 Å². The van der Waals surface area contributed by atoms with E-state index in [1.807, 2.05) is 41.0 Å². The summed E-state index contributed by atoms with van der Waals surface area (Å²) in [5, 5.41) is 0. The monoisotopic (exact) mass is 325 g/mol. The van der Waals surface area contributed by atoms with Gasteiger partial charge in [-0.2, -0.15) is 0 Å². The van der Waals surface area contributed by atoms with Crippen LogP contribution in [0.1, 0.15) is 19.2 Å². The van der Waals surface area contributed by atoms with Crippen molar-refractivity contribution in [3.8, 4) is 0 Å². The maximum absolute atomic E-state index is 13.2. The van der Waals surface area contributed by atoms with Gasteiger partial charge in [-0.25, -0.2) is 4.98 Å². The molecule has 2 atom stereocenters. The van der Waals surface area contributed by atoms with Gasteiger partial charge >= 0.3 is 0 Å². The van der Waals surface area contributed by atoms with Crippen LogP contribution >= 0.6 is 0 Å². The number of hydrogen-bond donors (Lipinski definition) is 0. The van der Waals surface area contributed by atoms with Crippen LogP contribution in [0, 0.1) is 11.3 Å². The number of aryl methyl sites for hydroxylation is 1. The molecule has 2 aromatic rings. The summed E-state index contributed by atoms with van der Waals surface area (Å²) in [6.07, 6.45) is 8.23. The number of hydrogen-bond acceptors (Lipinski definition) is 4. The molecular formula is C18H23N5O. The van der Waals surface area contributed by atoms with Gasteiger partial charge in [0, 0.05) is 45.3 Å². The highest BCUT2D eigenvalue weighted by molar-refractivity contribution is 6.00. The lowest BCUT2D eigenvalue weighted by molar-refractivity contribution is -0.126. The normalized spacial score (nSPS) is 27.5. The molecule has 4 rings (SSSR count). The first-order valence-electron chi connectivity index (χ1n) is 8.51. The fraction of sp³-hybridized carbons (Fsp3) is 0.500. The van der Waals surface area contributed by atoms with Gasteiger partial charge in [-0.1, -0.05) is 6.92 Å². The Balaban J connectivity index is 1.53. The van der Waals surface area contributed by atoms with Crippen molar-refractivity contribution in [1.82, 2.24) is 19.4 Å². The Bertz CT molecular complexity index is 743. The van der Waals surface area contributed by atoms with Crippen molar-refractivity contribution in [2.24, 2.45) is 18.4 Å². The number of imidazole rings is 1. The molecule has 2 aromatic heterocycles. The van der Waals surface area contributed by atoms with Gasteiger partial charge in [0.15, 0.2) is 0 Å². The highest BCUT2D eigenvalue weighted by Crippen LogP contribution is 2.46. The van der Waals surface area contributed by atoms with E-state index < -0.39 is 0 Å². The third kappa shape index (κ3) is 2.33. The molecule has 0 aliphatic carbocycles. The second kappa shape index (κ2) is 5.70. The zero-order chi connectivity index (χ0) is 16.7. The molecule has 0 aromatic carbocycles. The molecule has 24 heavy (non-hydrogen) atoms. The number of pyridine rings is 1. The Labute approximate surface area is 142 Å². The number of likely N-dealkylation sites (tertiary alicyclic amines) is 1.